The van der Waals surface area contributed by atoms with Gasteiger partial charge in [0.25, 0.3) is 0 Å². The zero-order valence-corrected chi connectivity index (χ0v) is 10.3. The standard InChI is InChI=1S/C12H9N3O2S/c1-17-12(16)7-2-3-9-8(4-7)15-11-10(18-9)5-13-6-14-11/h2-6H,1H3,(H,13,14,15). The van der Waals surface area contributed by atoms with Gasteiger partial charge in [-0.3, -0.25) is 0 Å². The number of hydrogen-bond acceptors (Lipinski definition) is 6. The van der Waals surface area contributed by atoms with Gasteiger partial charge >= 0.3 is 5.97 Å². The molecule has 0 saturated heterocycles. The SMILES string of the molecule is COC(=O)c1ccc2c(c1)Nc1ncncc1S2. The van der Waals surface area contributed by atoms with Crippen molar-refractivity contribution >= 4 is 29.2 Å². The van der Waals surface area contributed by atoms with Crippen molar-refractivity contribution < 1.29 is 9.53 Å². The molecule has 3 rings (SSSR count). The number of ether oxygens (including phenoxy) is 1. The Hall–Kier alpha value is -2.08. The van der Waals surface area contributed by atoms with Gasteiger partial charge in [-0.15, -0.1) is 0 Å². The number of anilines is 2. The Morgan fingerprint density at radius 3 is 3.11 bits per heavy atom. The molecule has 0 spiro atoms. The monoisotopic (exact) mass is 259 g/mol. The fraction of sp³-hybridized carbons (Fsp3) is 0.0833. The van der Waals surface area contributed by atoms with Crippen molar-refractivity contribution in [3.05, 3.63) is 36.3 Å². The van der Waals surface area contributed by atoms with E-state index in [0.29, 0.717) is 5.56 Å². The fourth-order valence-electron chi connectivity index (χ4n) is 1.69. The summed E-state index contributed by atoms with van der Waals surface area (Å²) in [4.78, 5) is 21.6. The van der Waals surface area contributed by atoms with Crippen LogP contribution in [0.2, 0.25) is 0 Å². The quantitative estimate of drug-likeness (QED) is 0.677. The maximum atomic E-state index is 11.5. The van der Waals surface area contributed by atoms with Crippen molar-refractivity contribution in [1.82, 2.24) is 9.97 Å². The number of methoxy groups -OCH3 is 1. The topological polar surface area (TPSA) is 64.1 Å². The molecule has 1 N–H and O–H groups in total. The maximum Gasteiger partial charge on any atom is 0.337 e. The van der Waals surface area contributed by atoms with Crippen molar-refractivity contribution in [3.8, 4) is 0 Å². The number of carbonyl (C=O) groups excluding carboxylic acids is 1. The second kappa shape index (κ2) is 4.30. The summed E-state index contributed by atoms with van der Waals surface area (Å²) in [6, 6.07) is 5.39. The average molecular weight is 259 g/mol. The zero-order chi connectivity index (χ0) is 12.5. The van der Waals surface area contributed by atoms with Crippen molar-refractivity contribution in [2.75, 3.05) is 12.4 Å². The molecule has 0 aliphatic carbocycles. The van der Waals surface area contributed by atoms with Gasteiger partial charge in [0.1, 0.15) is 12.1 Å². The summed E-state index contributed by atoms with van der Waals surface area (Å²) in [7, 11) is 1.37. The number of rotatable bonds is 1. The minimum atomic E-state index is -0.349. The highest BCUT2D eigenvalue weighted by Crippen LogP contribution is 2.42. The zero-order valence-electron chi connectivity index (χ0n) is 9.51. The Kier molecular flexibility index (Phi) is 2.64. The summed E-state index contributed by atoms with van der Waals surface area (Å²) in [5, 5.41) is 3.18. The van der Waals surface area contributed by atoms with Gasteiger partial charge in [0.2, 0.25) is 0 Å². The molecule has 0 unspecified atom stereocenters. The third kappa shape index (κ3) is 1.80. The number of carbonyl (C=O) groups is 1. The molecule has 2 aromatic rings. The molecule has 0 bridgehead atoms. The molecule has 0 amide bonds. The molecule has 1 aromatic heterocycles. The van der Waals surface area contributed by atoms with E-state index < -0.39 is 0 Å². The predicted molar refractivity (Wildman–Crippen MR) is 67.2 cm³/mol. The van der Waals surface area contributed by atoms with Gasteiger partial charge in [-0.25, -0.2) is 14.8 Å². The van der Waals surface area contributed by atoms with Crippen molar-refractivity contribution in [1.29, 1.82) is 0 Å². The maximum absolute atomic E-state index is 11.5. The molecule has 2 heterocycles. The second-order valence-corrected chi connectivity index (χ2v) is 4.75. The number of aromatic nitrogens is 2. The van der Waals surface area contributed by atoms with Crippen LogP contribution in [0.1, 0.15) is 10.4 Å². The molecule has 1 aromatic carbocycles. The van der Waals surface area contributed by atoms with Crippen LogP contribution in [0.5, 0.6) is 0 Å². The van der Waals surface area contributed by atoms with Gasteiger partial charge in [-0.1, -0.05) is 11.8 Å². The molecular formula is C12H9N3O2S. The van der Waals surface area contributed by atoms with E-state index >= 15 is 0 Å². The van der Waals surface area contributed by atoms with Gasteiger partial charge < -0.3 is 10.1 Å². The largest absolute Gasteiger partial charge is 0.465 e. The van der Waals surface area contributed by atoms with E-state index in [1.165, 1.54) is 13.4 Å². The Labute approximate surface area is 108 Å². The lowest BCUT2D eigenvalue weighted by atomic mass is 10.2. The van der Waals surface area contributed by atoms with Crippen LogP contribution in [0.3, 0.4) is 0 Å². The average Bonchev–Trinajstić information content (AvgIpc) is 2.43. The normalized spacial score (nSPS) is 12.1. The molecule has 5 nitrogen and oxygen atoms in total. The first-order valence-electron chi connectivity index (χ1n) is 5.25. The highest BCUT2D eigenvalue weighted by Gasteiger charge is 2.18. The summed E-state index contributed by atoms with van der Waals surface area (Å²) in [6.45, 7) is 0. The van der Waals surface area contributed by atoms with Crippen LogP contribution >= 0.6 is 11.8 Å². The van der Waals surface area contributed by atoms with Gasteiger partial charge in [-0.2, -0.15) is 0 Å². The fourth-order valence-corrected chi connectivity index (χ4v) is 2.60. The third-order valence-electron chi connectivity index (χ3n) is 2.55. The molecule has 90 valence electrons. The van der Waals surface area contributed by atoms with E-state index in [1.807, 2.05) is 6.07 Å². The highest BCUT2D eigenvalue weighted by molar-refractivity contribution is 7.99. The lowest BCUT2D eigenvalue weighted by molar-refractivity contribution is 0.0600. The van der Waals surface area contributed by atoms with Gasteiger partial charge in [-0.05, 0) is 18.2 Å². The van der Waals surface area contributed by atoms with E-state index in [1.54, 1.807) is 30.1 Å². The van der Waals surface area contributed by atoms with Gasteiger partial charge in [0.05, 0.1) is 23.3 Å². The van der Waals surface area contributed by atoms with Crippen LogP contribution in [-0.4, -0.2) is 23.0 Å². The molecule has 0 atom stereocenters. The molecule has 0 radical (unpaired) electrons. The van der Waals surface area contributed by atoms with Crippen molar-refractivity contribution in [2.45, 2.75) is 9.79 Å². The number of fused-ring (bicyclic) bond motifs is 2. The Morgan fingerprint density at radius 2 is 2.28 bits per heavy atom. The first-order valence-corrected chi connectivity index (χ1v) is 6.07. The first-order chi connectivity index (χ1) is 8.78. The Morgan fingerprint density at radius 1 is 1.39 bits per heavy atom. The number of nitrogens with one attached hydrogen (secondary N) is 1. The minimum absolute atomic E-state index is 0.349. The second-order valence-electron chi connectivity index (χ2n) is 3.67. The molecule has 1 aliphatic rings. The van der Waals surface area contributed by atoms with Crippen LogP contribution < -0.4 is 5.32 Å². The van der Waals surface area contributed by atoms with Crippen LogP contribution in [0.4, 0.5) is 11.5 Å². The predicted octanol–water partition coefficient (Wildman–Crippen LogP) is 2.47. The number of nitrogens with zero attached hydrogens (tertiary/aromatic N) is 2. The molecule has 1 aliphatic heterocycles. The Bertz CT molecular complexity index is 630. The number of benzene rings is 1. The smallest absolute Gasteiger partial charge is 0.337 e. The number of esters is 1. The van der Waals surface area contributed by atoms with Crippen LogP contribution in [0.15, 0.2) is 40.5 Å². The van der Waals surface area contributed by atoms with Gasteiger partial charge in [0.15, 0.2) is 0 Å². The molecule has 6 heteroatoms. The van der Waals surface area contributed by atoms with Crippen LogP contribution in [0, 0.1) is 0 Å². The minimum Gasteiger partial charge on any atom is -0.465 e. The summed E-state index contributed by atoms with van der Waals surface area (Å²) in [5.74, 6) is 0.405. The van der Waals surface area contributed by atoms with E-state index in [2.05, 4.69) is 15.3 Å². The lowest BCUT2D eigenvalue weighted by Gasteiger charge is -2.19. The third-order valence-corrected chi connectivity index (χ3v) is 3.65. The number of hydrogen-bond donors (Lipinski definition) is 1. The summed E-state index contributed by atoms with van der Waals surface area (Å²) >= 11 is 1.57. The summed E-state index contributed by atoms with van der Waals surface area (Å²) in [5.41, 5.74) is 1.37. The Balaban J connectivity index is 2.01. The summed E-state index contributed by atoms with van der Waals surface area (Å²) in [6.07, 6.45) is 3.25. The highest BCUT2D eigenvalue weighted by atomic mass is 32.2. The summed E-state index contributed by atoms with van der Waals surface area (Å²) < 4.78 is 4.70. The van der Waals surface area contributed by atoms with E-state index in [-0.39, 0.29) is 5.97 Å². The first kappa shape index (κ1) is 11.0. The van der Waals surface area contributed by atoms with E-state index in [0.717, 1.165) is 21.3 Å². The van der Waals surface area contributed by atoms with Crippen LogP contribution in [-0.2, 0) is 4.74 Å². The van der Waals surface area contributed by atoms with Crippen LogP contribution in [0.25, 0.3) is 0 Å². The molecular weight excluding hydrogens is 250 g/mol. The molecule has 0 fully saturated rings. The lowest BCUT2D eigenvalue weighted by Crippen LogP contribution is -2.06. The van der Waals surface area contributed by atoms with E-state index in [9.17, 15) is 4.79 Å². The van der Waals surface area contributed by atoms with E-state index in [4.69, 9.17) is 4.74 Å². The molecule has 0 saturated carbocycles. The molecule has 18 heavy (non-hydrogen) atoms. The van der Waals surface area contributed by atoms with Crippen molar-refractivity contribution in [3.63, 3.8) is 0 Å². The van der Waals surface area contributed by atoms with Gasteiger partial charge in [0, 0.05) is 11.1 Å². The van der Waals surface area contributed by atoms with Crippen molar-refractivity contribution in [2.24, 2.45) is 0 Å².